The van der Waals surface area contributed by atoms with Gasteiger partial charge in [0.2, 0.25) is 5.91 Å². The summed E-state index contributed by atoms with van der Waals surface area (Å²) in [4.78, 5) is 19.5. The fourth-order valence-electron chi connectivity index (χ4n) is 3.93. The quantitative estimate of drug-likeness (QED) is 0.831. The summed E-state index contributed by atoms with van der Waals surface area (Å²) in [5.74, 6) is 1.64. The van der Waals surface area contributed by atoms with Crippen LogP contribution in [0.25, 0.3) is 5.65 Å². The first-order valence-electron chi connectivity index (χ1n) is 8.74. The van der Waals surface area contributed by atoms with Crippen LogP contribution in [-0.4, -0.2) is 51.1 Å². The van der Waals surface area contributed by atoms with E-state index in [1.54, 1.807) is 11.8 Å². The maximum absolute atomic E-state index is 12.7. The van der Waals surface area contributed by atoms with Gasteiger partial charge in [-0.05, 0) is 44.4 Å². The lowest BCUT2D eigenvalue weighted by molar-refractivity contribution is -0.130. The molecule has 2 aromatic heterocycles. The van der Waals surface area contributed by atoms with Crippen LogP contribution in [0.2, 0.25) is 0 Å². The molecule has 2 aromatic rings. The van der Waals surface area contributed by atoms with E-state index in [1.165, 1.54) is 12.0 Å². The Labute approximate surface area is 171 Å². The zero-order valence-electron chi connectivity index (χ0n) is 14.9. The first-order valence-corrected chi connectivity index (χ1v) is 9.90. The number of nitrogens with zero attached hydrogens (tertiary/aromatic N) is 3. The highest BCUT2D eigenvalue weighted by Crippen LogP contribution is 2.28. The van der Waals surface area contributed by atoms with E-state index in [0.29, 0.717) is 23.7 Å². The Balaban J connectivity index is 0.00000121. The Hall–Kier alpha value is -0.950. The van der Waals surface area contributed by atoms with Crippen molar-refractivity contribution in [3.63, 3.8) is 0 Å². The minimum Gasteiger partial charge on any atom is -0.335 e. The van der Waals surface area contributed by atoms with Gasteiger partial charge < -0.3 is 14.6 Å². The van der Waals surface area contributed by atoms with Gasteiger partial charge in [0.05, 0.1) is 11.4 Å². The molecule has 4 rings (SSSR count). The molecule has 0 radical (unpaired) electrons. The first kappa shape index (κ1) is 21.4. The number of carbonyl (C=O) groups is 1. The summed E-state index contributed by atoms with van der Waals surface area (Å²) in [6.07, 6.45) is 7.58. The van der Waals surface area contributed by atoms with Crippen molar-refractivity contribution in [3.8, 4) is 0 Å². The van der Waals surface area contributed by atoms with Crippen LogP contribution in [-0.2, 0) is 10.5 Å². The highest BCUT2D eigenvalue weighted by molar-refractivity contribution is 7.99. The number of pyridine rings is 1. The summed E-state index contributed by atoms with van der Waals surface area (Å²) >= 11 is 1.68. The molecule has 8 heteroatoms. The number of fused-ring (bicyclic) bond motifs is 3. The standard InChI is InChI=1S/C18H24N4OS.2ClH/c1-13-2-5-17-20-14(10-21(17)9-13)11-24-12-18(23)22-15-3-4-16(22)8-19-7-6-15;;/h2,5,9-10,15-16,19H,3-4,6-8,11-12H2,1H3;2*1H. The van der Waals surface area contributed by atoms with E-state index in [4.69, 9.17) is 0 Å². The Bertz CT molecular complexity index is 740. The van der Waals surface area contributed by atoms with Crippen molar-refractivity contribution in [2.45, 2.75) is 44.0 Å². The number of carbonyl (C=O) groups excluding carboxylic acids is 1. The average Bonchev–Trinajstić information content (AvgIpc) is 3.05. The Morgan fingerprint density at radius 1 is 1.23 bits per heavy atom. The van der Waals surface area contributed by atoms with Gasteiger partial charge in [-0.3, -0.25) is 4.79 Å². The summed E-state index contributed by atoms with van der Waals surface area (Å²) in [5.41, 5.74) is 3.23. The van der Waals surface area contributed by atoms with Crippen LogP contribution in [0.5, 0.6) is 0 Å². The fourth-order valence-corrected chi connectivity index (χ4v) is 4.71. The van der Waals surface area contributed by atoms with Crippen LogP contribution in [0.3, 0.4) is 0 Å². The molecule has 1 N–H and O–H groups in total. The number of rotatable bonds is 4. The predicted octanol–water partition coefficient (Wildman–Crippen LogP) is 3.07. The maximum atomic E-state index is 12.7. The Morgan fingerprint density at radius 2 is 2.04 bits per heavy atom. The molecule has 144 valence electrons. The molecule has 5 nitrogen and oxygen atoms in total. The van der Waals surface area contributed by atoms with E-state index >= 15 is 0 Å². The van der Waals surface area contributed by atoms with Crippen LogP contribution in [0.4, 0.5) is 0 Å². The zero-order valence-corrected chi connectivity index (χ0v) is 17.3. The van der Waals surface area contributed by atoms with Crippen molar-refractivity contribution >= 4 is 48.1 Å². The molecule has 26 heavy (non-hydrogen) atoms. The molecule has 2 saturated heterocycles. The van der Waals surface area contributed by atoms with Gasteiger partial charge in [0, 0.05) is 36.8 Å². The second-order valence-electron chi connectivity index (χ2n) is 6.88. The van der Waals surface area contributed by atoms with Gasteiger partial charge in [-0.25, -0.2) is 4.98 Å². The Morgan fingerprint density at radius 3 is 2.88 bits per heavy atom. The van der Waals surface area contributed by atoms with E-state index in [2.05, 4.69) is 45.0 Å². The predicted molar refractivity (Wildman–Crippen MR) is 112 cm³/mol. The molecule has 2 aliphatic heterocycles. The van der Waals surface area contributed by atoms with E-state index in [1.807, 2.05) is 6.07 Å². The highest BCUT2D eigenvalue weighted by atomic mass is 35.5. The van der Waals surface area contributed by atoms with Crippen LogP contribution < -0.4 is 5.32 Å². The number of thioether (sulfide) groups is 1. The van der Waals surface area contributed by atoms with Crippen molar-refractivity contribution in [1.29, 1.82) is 0 Å². The molecule has 1 amide bonds. The molecule has 2 atom stereocenters. The normalized spacial score (nSPS) is 21.8. The lowest BCUT2D eigenvalue weighted by atomic mass is 10.1. The van der Waals surface area contributed by atoms with Crippen LogP contribution >= 0.6 is 36.6 Å². The minimum atomic E-state index is 0. The average molecular weight is 417 g/mol. The molecule has 2 fully saturated rings. The molecule has 0 aliphatic carbocycles. The number of halogens is 2. The summed E-state index contributed by atoms with van der Waals surface area (Å²) in [7, 11) is 0. The van der Waals surface area contributed by atoms with Gasteiger partial charge in [-0.15, -0.1) is 36.6 Å². The smallest absolute Gasteiger partial charge is 0.233 e. The molecule has 2 bridgehead atoms. The molecule has 4 heterocycles. The zero-order chi connectivity index (χ0) is 16.5. The monoisotopic (exact) mass is 416 g/mol. The topological polar surface area (TPSA) is 49.6 Å². The lowest BCUT2D eigenvalue weighted by Crippen LogP contribution is -2.43. The number of imidazole rings is 1. The first-order chi connectivity index (χ1) is 11.7. The third-order valence-electron chi connectivity index (χ3n) is 5.07. The minimum absolute atomic E-state index is 0. The summed E-state index contributed by atoms with van der Waals surface area (Å²) < 4.78 is 2.06. The number of hydrogen-bond donors (Lipinski definition) is 1. The van der Waals surface area contributed by atoms with Crippen molar-refractivity contribution < 1.29 is 4.79 Å². The number of aromatic nitrogens is 2. The van der Waals surface area contributed by atoms with E-state index in [0.717, 1.165) is 43.0 Å². The van der Waals surface area contributed by atoms with E-state index in [9.17, 15) is 4.79 Å². The van der Waals surface area contributed by atoms with E-state index < -0.39 is 0 Å². The van der Waals surface area contributed by atoms with Crippen molar-refractivity contribution in [1.82, 2.24) is 19.6 Å². The molecule has 0 spiro atoms. The van der Waals surface area contributed by atoms with Gasteiger partial charge >= 0.3 is 0 Å². The third-order valence-corrected chi connectivity index (χ3v) is 6.02. The lowest BCUT2D eigenvalue weighted by Gasteiger charge is -2.27. The summed E-state index contributed by atoms with van der Waals surface area (Å²) in [6, 6.07) is 4.97. The third kappa shape index (κ3) is 4.47. The molecule has 0 aromatic carbocycles. The summed E-state index contributed by atoms with van der Waals surface area (Å²) in [5, 5.41) is 3.45. The maximum Gasteiger partial charge on any atom is 0.233 e. The van der Waals surface area contributed by atoms with Crippen molar-refractivity contribution in [3.05, 3.63) is 35.8 Å². The second-order valence-corrected chi connectivity index (χ2v) is 7.86. The number of aryl methyl sites for hydroxylation is 1. The molecular weight excluding hydrogens is 391 g/mol. The van der Waals surface area contributed by atoms with Gasteiger partial charge in [0.15, 0.2) is 0 Å². The number of amides is 1. The van der Waals surface area contributed by atoms with Crippen LogP contribution in [0.15, 0.2) is 24.5 Å². The highest BCUT2D eigenvalue weighted by Gasteiger charge is 2.37. The Kier molecular flexibility index (Phi) is 7.64. The molecule has 2 aliphatic rings. The molecule has 2 unspecified atom stereocenters. The van der Waals surface area contributed by atoms with E-state index in [-0.39, 0.29) is 24.8 Å². The largest absolute Gasteiger partial charge is 0.335 e. The second kappa shape index (κ2) is 9.31. The molecular formula is C18H26Cl2N4OS. The van der Waals surface area contributed by atoms with Gasteiger partial charge in [0.25, 0.3) is 0 Å². The van der Waals surface area contributed by atoms with Crippen molar-refractivity contribution in [2.75, 3.05) is 18.8 Å². The molecule has 0 saturated carbocycles. The van der Waals surface area contributed by atoms with Gasteiger partial charge in [-0.2, -0.15) is 0 Å². The fraction of sp³-hybridized carbons (Fsp3) is 0.556. The number of nitrogens with one attached hydrogen (secondary N) is 1. The van der Waals surface area contributed by atoms with Crippen LogP contribution in [0.1, 0.15) is 30.5 Å². The van der Waals surface area contributed by atoms with Crippen molar-refractivity contribution in [2.24, 2.45) is 0 Å². The van der Waals surface area contributed by atoms with Gasteiger partial charge in [0.1, 0.15) is 5.65 Å². The van der Waals surface area contributed by atoms with Crippen LogP contribution in [0, 0.1) is 6.92 Å². The number of hydrogen-bond acceptors (Lipinski definition) is 4. The van der Waals surface area contributed by atoms with Gasteiger partial charge in [-0.1, -0.05) is 6.07 Å². The SMILES string of the molecule is Cc1ccc2nc(CSCC(=O)N3C4CCNCC3CC4)cn2c1.Cl.Cl. The summed E-state index contributed by atoms with van der Waals surface area (Å²) in [6.45, 7) is 4.08.